The van der Waals surface area contributed by atoms with E-state index in [1.54, 1.807) is 13.8 Å². The smallest absolute Gasteiger partial charge is 0.328 e. The van der Waals surface area contributed by atoms with Crippen molar-refractivity contribution in [2.24, 2.45) is 46.8 Å². The maximum absolute atomic E-state index is 11.2. The van der Waals surface area contributed by atoms with Crippen molar-refractivity contribution in [1.29, 1.82) is 0 Å². The topological polar surface area (TPSA) is 281 Å². The van der Waals surface area contributed by atoms with Crippen LogP contribution >= 0.6 is 0 Å². The summed E-state index contributed by atoms with van der Waals surface area (Å²) < 4.78 is 87.8. The fourth-order valence-corrected chi connectivity index (χ4v) is 4.92. The van der Waals surface area contributed by atoms with Gasteiger partial charge in [0, 0.05) is 72.4 Å². The van der Waals surface area contributed by atoms with E-state index in [0.29, 0.717) is 24.5 Å². The van der Waals surface area contributed by atoms with Crippen LogP contribution in [-0.2, 0) is 73.1 Å². The summed E-state index contributed by atoms with van der Waals surface area (Å²) in [4.78, 5) is 75.2. The molecule has 2 N–H and O–H groups in total. The number of ketones is 5. The number of allylic oxidation sites excluding steroid dienone is 2. The normalized spacial score (nSPS) is 12.0. The number of sulfone groups is 1. The molecule has 1 rings (SSSR count). The molecule has 0 saturated heterocycles. The Morgan fingerprint density at radius 1 is 0.545 bits per heavy atom. The Hall–Kier alpha value is -3.46. The maximum Gasteiger partial charge on any atom is 0.328 e. The van der Waals surface area contributed by atoms with E-state index in [2.05, 4.69) is 13.2 Å². The van der Waals surface area contributed by atoms with Crippen LogP contribution in [0.5, 0.6) is 0 Å². The van der Waals surface area contributed by atoms with Crippen molar-refractivity contribution in [2.45, 2.75) is 158 Å². The number of carbonyl (C=O) groups excluding carboxylic acids is 7. The minimum absolute atomic E-state index is 0. The van der Waals surface area contributed by atoms with Crippen LogP contribution in [0.4, 0.5) is 0 Å². The summed E-state index contributed by atoms with van der Waals surface area (Å²) in [5.41, 5.74) is -0.0861. The molecule has 0 radical (unpaired) electrons. The van der Waals surface area contributed by atoms with Gasteiger partial charge in [-0.2, -0.15) is 16.8 Å². The molecular formula is C46H88O17S3. The summed E-state index contributed by atoms with van der Waals surface area (Å²) in [7, 11) is -11.9. The largest absolute Gasteiger partial charge is 0.491 e. The maximum atomic E-state index is 11.2. The summed E-state index contributed by atoms with van der Waals surface area (Å²) in [6, 6.07) is 0. The molecule has 66 heavy (non-hydrogen) atoms. The first-order valence-electron chi connectivity index (χ1n) is 20.9. The lowest BCUT2D eigenvalue weighted by Gasteiger charge is -2.21. The highest BCUT2D eigenvalue weighted by atomic mass is 32.2. The fraction of sp³-hybridized carbons (Fsp3) is 0.761. The van der Waals surface area contributed by atoms with Gasteiger partial charge in [-0.3, -0.25) is 37.9 Å². The Morgan fingerprint density at radius 3 is 1.06 bits per heavy atom. The predicted molar refractivity (Wildman–Crippen MR) is 262 cm³/mol. The molecule has 0 amide bonds. The van der Waals surface area contributed by atoms with Crippen molar-refractivity contribution in [3.8, 4) is 0 Å². The van der Waals surface area contributed by atoms with E-state index in [1.165, 1.54) is 47.5 Å². The molecule has 0 aliphatic heterocycles. The zero-order valence-electron chi connectivity index (χ0n) is 41.4. The molecule has 1 aliphatic carbocycles. The van der Waals surface area contributed by atoms with E-state index >= 15 is 0 Å². The molecule has 0 spiro atoms. The summed E-state index contributed by atoms with van der Waals surface area (Å²) in [5.74, 6) is 1.29. The SMILES string of the molecule is C.C.C=C(OCC(=O)C(C)C)C(C)(C)C.C=C(OCC(=O)C(C)C)C1CC1.CC(=O)CCC(=O)C(C)C.CC(C)C(=O)CCS(C)(=O)=O.CC(C)C(=O)S(=O)(=O)O.CC(C)C(=O)S(=O)(=O)O. The van der Waals surface area contributed by atoms with Crippen LogP contribution in [-0.4, -0.2) is 98.7 Å². The van der Waals surface area contributed by atoms with Crippen molar-refractivity contribution in [3.63, 3.8) is 0 Å². The second kappa shape index (κ2) is 36.6. The molecular weight excluding hydrogens is 921 g/mol. The second-order valence-electron chi connectivity index (χ2n) is 18.0. The first-order valence-corrected chi connectivity index (χ1v) is 25.8. The molecule has 0 atom stereocenters. The highest BCUT2D eigenvalue weighted by molar-refractivity contribution is 8.01. The van der Waals surface area contributed by atoms with Gasteiger partial charge in [0.05, 0.1) is 17.3 Å². The van der Waals surface area contributed by atoms with Gasteiger partial charge in [0.1, 0.15) is 40.4 Å². The van der Waals surface area contributed by atoms with Gasteiger partial charge in [-0.25, -0.2) is 8.42 Å². The fourth-order valence-electron chi connectivity index (χ4n) is 3.15. The van der Waals surface area contributed by atoms with E-state index in [1.807, 2.05) is 62.3 Å². The van der Waals surface area contributed by atoms with Gasteiger partial charge < -0.3 is 14.3 Å². The van der Waals surface area contributed by atoms with E-state index in [9.17, 15) is 58.8 Å². The Bertz CT molecular complexity index is 1800. The molecule has 1 aliphatic rings. The lowest BCUT2D eigenvalue weighted by molar-refractivity contribution is -0.126. The monoisotopic (exact) mass is 1010 g/mol. The molecule has 0 heterocycles. The third-order valence-electron chi connectivity index (χ3n) is 8.13. The van der Waals surface area contributed by atoms with Crippen molar-refractivity contribution >= 4 is 69.2 Å². The minimum Gasteiger partial charge on any atom is -0.491 e. The van der Waals surface area contributed by atoms with E-state index in [4.69, 9.17) is 18.6 Å². The zero-order valence-corrected chi connectivity index (χ0v) is 43.8. The number of hydrogen-bond acceptors (Lipinski definition) is 15. The van der Waals surface area contributed by atoms with Crippen LogP contribution in [0.1, 0.15) is 158 Å². The average Bonchev–Trinajstić information content (AvgIpc) is 3.98. The zero-order chi connectivity index (χ0) is 52.3. The second-order valence-corrected chi connectivity index (χ2v) is 22.9. The first kappa shape index (κ1) is 76.8. The van der Waals surface area contributed by atoms with Crippen LogP contribution in [0.2, 0.25) is 0 Å². The van der Waals surface area contributed by atoms with Gasteiger partial charge in [0.2, 0.25) is 0 Å². The van der Waals surface area contributed by atoms with E-state index in [-0.39, 0.29) is 98.2 Å². The molecule has 17 nitrogen and oxygen atoms in total. The van der Waals surface area contributed by atoms with Crippen molar-refractivity contribution in [2.75, 3.05) is 25.2 Å². The molecule has 0 unspecified atom stereocenters. The average molecular weight is 1010 g/mol. The number of hydrogen-bond donors (Lipinski definition) is 2. The van der Waals surface area contributed by atoms with E-state index in [0.717, 1.165) is 12.0 Å². The molecule has 0 aromatic carbocycles. The molecule has 1 fully saturated rings. The van der Waals surface area contributed by atoms with Crippen molar-refractivity contribution < 1.29 is 77.4 Å². The third-order valence-corrected chi connectivity index (χ3v) is 11.0. The van der Waals surface area contributed by atoms with Crippen molar-refractivity contribution in [1.82, 2.24) is 0 Å². The highest BCUT2D eigenvalue weighted by Crippen LogP contribution is 2.35. The van der Waals surface area contributed by atoms with Gasteiger partial charge in [0.15, 0.2) is 11.6 Å². The highest BCUT2D eigenvalue weighted by Gasteiger charge is 2.26. The van der Waals surface area contributed by atoms with Gasteiger partial charge in [-0.05, 0) is 19.8 Å². The Morgan fingerprint density at radius 2 is 0.848 bits per heavy atom. The number of rotatable bonds is 19. The number of Topliss-reactive ketones (excluding diaryl/α,β-unsaturated/α-hetero) is 5. The molecule has 392 valence electrons. The lowest BCUT2D eigenvalue weighted by Crippen LogP contribution is -2.19. The standard InChI is InChI=1S/C11H20O2.C10H16O2.C8H14O2.C7H14O3S.2C4H8O4S.2CH4/c1-8(2)10(12)7-13-9(3)11(4,5)6;1-7(2)10(11)6-12-8(3)9-4-5-9;1-6(2)8(10)5-4-7(3)9;1-6(2)7(8)4-5-11(3,9)10;2*1-3(2)4(5)9(6,7)8;;/h8H,3,7H2,1-2,4-6H3;7,9H,3-6H2,1-2H3;6H,4-5H2,1-3H3;6H,4-5H2,1-3H3;2*3H,1-2H3,(H,6,7,8);2*1H4. The minimum atomic E-state index is -4.44. The Kier molecular flexibility index (Phi) is 42.5. The first-order chi connectivity index (χ1) is 28.4. The summed E-state index contributed by atoms with van der Waals surface area (Å²) in [6.07, 6.45) is 4.45. The van der Waals surface area contributed by atoms with Crippen LogP contribution < -0.4 is 0 Å². The summed E-state index contributed by atoms with van der Waals surface area (Å²) >= 11 is 0. The molecule has 0 bridgehead atoms. The van der Waals surface area contributed by atoms with Crippen LogP contribution in [0.3, 0.4) is 0 Å². The Labute approximate surface area is 399 Å². The third kappa shape index (κ3) is 48.5. The molecule has 0 aromatic heterocycles. The van der Waals surface area contributed by atoms with Crippen LogP contribution in [0.25, 0.3) is 0 Å². The summed E-state index contributed by atoms with van der Waals surface area (Å²) in [5, 5.41) is -2.27. The van der Waals surface area contributed by atoms with Crippen molar-refractivity contribution in [3.05, 3.63) is 24.7 Å². The van der Waals surface area contributed by atoms with Gasteiger partial charge in [-0.1, -0.05) is 132 Å². The molecule has 1 saturated carbocycles. The lowest BCUT2D eigenvalue weighted by atomic mass is 9.95. The number of ether oxygens (including phenoxy) is 2. The number of carbonyl (C=O) groups is 7. The molecule has 20 heteroatoms. The Balaban J connectivity index is -0.000000126. The molecule has 0 aromatic rings. The van der Waals surface area contributed by atoms with Crippen LogP contribution in [0.15, 0.2) is 24.7 Å². The van der Waals surface area contributed by atoms with E-state index < -0.39 is 52.1 Å². The summed E-state index contributed by atoms with van der Waals surface area (Å²) in [6.45, 7) is 35.8. The van der Waals surface area contributed by atoms with Gasteiger partial charge >= 0.3 is 20.2 Å². The predicted octanol–water partition coefficient (Wildman–Crippen LogP) is 8.55. The van der Waals surface area contributed by atoms with Crippen LogP contribution in [0, 0.1) is 46.8 Å². The van der Waals surface area contributed by atoms with Gasteiger partial charge in [-0.15, -0.1) is 0 Å². The quantitative estimate of drug-likeness (QED) is 0.0905. The van der Waals surface area contributed by atoms with Gasteiger partial charge in [0.25, 0.3) is 10.2 Å².